The van der Waals surface area contributed by atoms with Gasteiger partial charge in [-0.2, -0.15) is 0 Å². The van der Waals surface area contributed by atoms with E-state index < -0.39 is 0 Å². The fourth-order valence-corrected chi connectivity index (χ4v) is 3.04. The van der Waals surface area contributed by atoms with Crippen LogP contribution >= 0.6 is 0 Å². The van der Waals surface area contributed by atoms with Crippen molar-refractivity contribution in [2.45, 2.75) is 46.2 Å². The van der Waals surface area contributed by atoms with E-state index in [1.807, 2.05) is 30.5 Å². The molecule has 0 spiro atoms. The summed E-state index contributed by atoms with van der Waals surface area (Å²) in [5.41, 5.74) is 2.17. The molecule has 0 saturated heterocycles. The molecule has 0 aromatic carbocycles. The van der Waals surface area contributed by atoms with Crippen molar-refractivity contribution >= 4 is 11.8 Å². The molecule has 0 saturated carbocycles. The molecule has 2 N–H and O–H groups in total. The van der Waals surface area contributed by atoms with Gasteiger partial charge in [-0.25, -0.2) is 4.98 Å². The van der Waals surface area contributed by atoms with E-state index in [1.54, 1.807) is 12.4 Å². The fourth-order valence-electron chi connectivity index (χ4n) is 3.04. The van der Waals surface area contributed by atoms with Crippen LogP contribution in [0.4, 0.5) is 0 Å². The topological polar surface area (TPSA) is 88.9 Å². The summed E-state index contributed by atoms with van der Waals surface area (Å²) in [6.07, 6.45) is 6.17. The first-order chi connectivity index (χ1) is 12.6. The van der Waals surface area contributed by atoms with Crippen LogP contribution in [0, 0.1) is 5.92 Å². The standard InChI is InChI=1S/C19H25N5O2/c1-13(2)10-21-18(25)16-15-7-3-4-9-24(15)17(23-16)19(26)22-12-14-6-5-8-20-11-14/h5-6,8,11,13H,3-4,7,9-10,12H2,1-2H3,(H,21,25)(H,22,26). The highest BCUT2D eigenvalue weighted by Crippen LogP contribution is 2.21. The molecule has 1 aliphatic rings. The summed E-state index contributed by atoms with van der Waals surface area (Å²) in [5.74, 6) is 0.216. The summed E-state index contributed by atoms with van der Waals surface area (Å²) in [5, 5.41) is 5.78. The normalized spacial score (nSPS) is 13.3. The maximum atomic E-state index is 12.6. The summed E-state index contributed by atoms with van der Waals surface area (Å²) in [7, 11) is 0. The maximum absolute atomic E-state index is 12.6. The Morgan fingerprint density at radius 3 is 2.81 bits per heavy atom. The van der Waals surface area contributed by atoms with Crippen LogP contribution in [-0.4, -0.2) is 32.9 Å². The van der Waals surface area contributed by atoms with Crippen LogP contribution < -0.4 is 10.6 Å². The molecule has 1 aliphatic heterocycles. The Balaban J connectivity index is 1.78. The molecular weight excluding hydrogens is 330 g/mol. The molecular formula is C19H25N5O2. The van der Waals surface area contributed by atoms with Crippen molar-refractivity contribution in [2.24, 2.45) is 5.92 Å². The SMILES string of the molecule is CC(C)CNC(=O)c1nc(C(=O)NCc2cccnc2)n2c1CCCC2. The average Bonchev–Trinajstić information content (AvgIpc) is 3.05. The highest BCUT2D eigenvalue weighted by Gasteiger charge is 2.27. The molecule has 7 heteroatoms. The minimum Gasteiger partial charge on any atom is -0.350 e. The Morgan fingerprint density at radius 1 is 1.23 bits per heavy atom. The van der Waals surface area contributed by atoms with Crippen molar-refractivity contribution in [1.82, 2.24) is 25.2 Å². The maximum Gasteiger partial charge on any atom is 0.287 e. The van der Waals surface area contributed by atoms with Crippen LogP contribution in [0.2, 0.25) is 0 Å². The van der Waals surface area contributed by atoms with Crippen LogP contribution in [0.5, 0.6) is 0 Å². The minimum absolute atomic E-state index is 0.198. The van der Waals surface area contributed by atoms with Crippen molar-refractivity contribution in [3.63, 3.8) is 0 Å². The van der Waals surface area contributed by atoms with Crippen molar-refractivity contribution in [3.05, 3.63) is 47.3 Å². The Morgan fingerprint density at radius 2 is 2.08 bits per heavy atom. The quantitative estimate of drug-likeness (QED) is 0.829. The lowest BCUT2D eigenvalue weighted by Crippen LogP contribution is -2.29. The zero-order valence-corrected chi connectivity index (χ0v) is 15.3. The van der Waals surface area contributed by atoms with E-state index in [4.69, 9.17) is 0 Å². The van der Waals surface area contributed by atoms with Crippen LogP contribution in [0.15, 0.2) is 24.5 Å². The summed E-state index contributed by atoms with van der Waals surface area (Å²) in [6.45, 7) is 5.77. The molecule has 3 heterocycles. The number of nitrogens with one attached hydrogen (secondary N) is 2. The number of fused-ring (bicyclic) bond motifs is 1. The molecule has 2 aromatic rings. The molecule has 2 amide bonds. The number of nitrogens with zero attached hydrogens (tertiary/aromatic N) is 3. The van der Waals surface area contributed by atoms with E-state index in [-0.39, 0.29) is 11.8 Å². The monoisotopic (exact) mass is 355 g/mol. The zero-order chi connectivity index (χ0) is 18.5. The summed E-state index contributed by atoms with van der Waals surface area (Å²) >= 11 is 0. The molecule has 0 unspecified atom stereocenters. The van der Waals surface area contributed by atoms with E-state index >= 15 is 0 Å². The first-order valence-electron chi connectivity index (χ1n) is 9.11. The van der Waals surface area contributed by atoms with Gasteiger partial charge in [-0.05, 0) is 36.8 Å². The van der Waals surface area contributed by atoms with Gasteiger partial charge < -0.3 is 15.2 Å². The largest absolute Gasteiger partial charge is 0.350 e. The number of rotatable bonds is 6. The van der Waals surface area contributed by atoms with E-state index in [1.165, 1.54) is 0 Å². The van der Waals surface area contributed by atoms with Gasteiger partial charge in [-0.3, -0.25) is 14.6 Å². The molecule has 138 valence electrons. The van der Waals surface area contributed by atoms with Gasteiger partial charge in [0, 0.05) is 32.0 Å². The smallest absolute Gasteiger partial charge is 0.287 e. The van der Waals surface area contributed by atoms with E-state index in [2.05, 4.69) is 20.6 Å². The number of amides is 2. The number of imidazole rings is 1. The van der Waals surface area contributed by atoms with E-state index in [9.17, 15) is 9.59 Å². The second-order valence-electron chi connectivity index (χ2n) is 6.99. The predicted molar refractivity (Wildman–Crippen MR) is 97.7 cm³/mol. The van der Waals surface area contributed by atoms with Gasteiger partial charge in [0.15, 0.2) is 5.82 Å². The van der Waals surface area contributed by atoms with Gasteiger partial charge in [0.25, 0.3) is 11.8 Å². The summed E-state index contributed by atoms with van der Waals surface area (Å²) < 4.78 is 1.90. The number of hydrogen-bond donors (Lipinski definition) is 2. The van der Waals surface area contributed by atoms with Crippen molar-refractivity contribution in [2.75, 3.05) is 6.54 Å². The molecule has 0 bridgehead atoms. The van der Waals surface area contributed by atoms with Crippen molar-refractivity contribution in [1.29, 1.82) is 0 Å². The number of carbonyl (C=O) groups excluding carboxylic acids is 2. The Kier molecular flexibility index (Phi) is 5.65. The molecule has 0 radical (unpaired) electrons. The number of aromatic nitrogens is 3. The van der Waals surface area contributed by atoms with Crippen molar-refractivity contribution in [3.8, 4) is 0 Å². The third kappa shape index (κ3) is 4.09. The van der Waals surface area contributed by atoms with Crippen LogP contribution in [0.25, 0.3) is 0 Å². The van der Waals surface area contributed by atoms with Crippen molar-refractivity contribution < 1.29 is 9.59 Å². The molecule has 26 heavy (non-hydrogen) atoms. The van der Waals surface area contributed by atoms with Gasteiger partial charge >= 0.3 is 0 Å². The first kappa shape index (κ1) is 18.1. The molecule has 0 fully saturated rings. The Labute approximate surface area is 153 Å². The van der Waals surface area contributed by atoms with Crippen LogP contribution in [-0.2, 0) is 19.5 Å². The molecule has 7 nitrogen and oxygen atoms in total. The lowest BCUT2D eigenvalue weighted by Gasteiger charge is -2.17. The molecule has 0 aliphatic carbocycles. The fraction of sp³-hybridized carbons (Fsp3) is 0.474. The average molecular weight is 355 g/mol. The first-order valence-corrected chi connectivity index (χ1v) is 9.11. The molecule has 2 aromatic heterocycles. The molecule has 3 rings (SSSR count). The third-order valence-corrected chi connectivity index (χ3v) is 4.38. The van der Waals surface area contributed by atoms with Gasteiger partial charge in [0.1, 0.15) is 5.69 Å². The third-order valence-electron chi connectivity index (χ3n) is 4.38. The van der Waals surface area contributed by atoms with Gasteiger partial charge in [-0.15, -0.1) is 0 Å². The van der Waals surface area contributed by atoms with E-state index in [0.717, 1.165) is 37.1 Å². The Hall–Kier alpha value is -2.70. The van der Waals surface area contributed by atoms with Crippen LogP contribution in [0.3, 0.4) is 0 Å². The van der Waals surface area contributed by atoms with E-state index in [0.29, 0.717) is 30.5 Å². The number of pyridine rings is 1. The minimum atomic E-state index is -0.264. The van der Waals surface area contributed by atoms with Gasteiger partial charge in [-0.1, -0.05) is 19.9 Å². The highest BCUT2D eigenvalue weighted by atomic mass is 16.2. The zero-order valence-electron chi connectivity index (χ0n) is 15.3. The summed E-state index contributed by atoms with van der Waals surface area (Å²) in [4.78, 5) is 33.6. The highest BCUT2D eigenvalue weighted by molar-refractivity contribution is 5.97. The second-order valence-corrected chi connectivity index (χ2v) is 6.99. The lowest BCUT2D eigenvalue weighted by atomic mass is 10.1. The Bertz CT molecular complexity index is 783. The number of carbonyl (C=O) groups is 2. The molecule has 0 atom stereocenters. The second kappa shape index (κ2) is 8.12. The summed E-state index contributed by atoms with van der Waals surface area (Å²) in [6, 6.07) is 3.73. The van der Waals surface area contributed by atoms with Crippen LogP contribution in [0.1, 0.15) is 59.1 Å². The van der Waals surface area contributed by atoms with Gasteiger partial charge in [0.05, 0.1) is 5.69 Å². The number of hydrogen-bond acceptors (Lipinski definition) is 4. The lowest BCUT2D eigenvalue weighted by molar-refractivity contribution is 0.0935. The van der Waals surface area contributed by atoms with Gasteiger partial charge in [0.2, 0.25) is 0 Å². The predicted octanol–water partition coefficient (Wildman–Crippen LogP) is 1.93.